The highest BCUT2D eigenvalue weighted by Crippen LogP contribution is 2.49. The van der Waals surface area contributed by atoms with Crippen LogP contribution < -0.4 is 0 Å². The first-order valence-corrected chi connectivity index (χ1v) is 4.67. The molecule has 0 amide bonds. The van der Waals surface area contributed by atoms with E-state index >= 15 is 0 Å². The highest BCUT2D eigenvalue weighted by Gasteiger charge is 2.45. The van der Waals surface area contributed by atoms with Gasteiger partial charge >= 0.3 is 0 Å². The van der Waals surface area contributed by atoms with Gasteiger partial charge in [0.1, 0.15) is 0 Å². The summed E-state index contributed by atoms with van der Waals surface area (Å²) in [4.78, 5) is 5.26. The summed E-state index contributed by atoms with van der Waals surface area (Å²) >= 11 is 0. The van der Waals surface area contributed by atoms with Gasteiger partial charge in [0.05, 0.1) is 25.3 Å². The third kappa shape index (κ3) is 1.99. The molecule has 1 aliphatic carbocycles. The van der Waals surface area contributed by atoms with E-state index in [4.69, 9.17) is 10.1 Å². The van der Waals surface area contributed by atoms with E-state index in [-0.39, 0.29) is 11.5 Å². The van der Waals surface area contributed by atoms with Crippen LogP contribution in [0.1, 0.15) is 19.3 Å². The zero-order valence-corrected chi connectivity index (χ0v) is 7.57. The van der Waals surface area contributed by atoms with Crippen LogP contribution >= 0.6 is 0 Å². The summed E-state index contributed by atoms with van der Waals surface area (Å²) in [7, 11) is 0. The standard InChI is InChI=1S/C9H14N2O2/c10-4-3-9(1-2-9)7-11-5-8(12)6-13-11/h8,12H,1-3,5-7H2/t8-/m0/s1. The molecule has 4 heteroatoms. The van der Waals surface area contributed by atoms with Crippen LogP contribution in [-0.2, 0) is 4.84 Å². The van der Waals surface area contributed by atoms with Crippen molar-refractivity contribution in [3.8, 4) is 6.07 Å². The molecule has 2 rings (SSSR count). The molecule has 0 aromatic heterocycles. The Labute approximate surface area is 77.7 Å². The Hall–Kier alpha value is -0.630. The summed E-state index contributed by atoms with van der Waals surface area (Å²) in [6, 6.07) is 2.21. The Balaban J connectivity index is 1.82. The van der Waals surface area contributed by atoms with E-state index in [9.17, 15) is 5.11 Å². The van der Waals surface area contributed by atoms with Crippen LogP contribution in [0, 0.1) is 16.7 Å². The van der Waals surface area contributed by atoms with E-state index in [1.807, 2.05) is 0 Å². The molecule has 1 atom stereocenters. The quantitative estimate of drug-likeness (QED) is 0.681. The first-order valence-electron chi connectivity index (χ1n) is 4.67. The molecule has 0 aromatic carbocycles. The number of nitrogens with zero attached hydrogens (tertiary/aromatic N) is 2. The zero-order chi connectivity index (χ0) is 9.31. The molecule has 0 radical (unpaired) electrons. The lowest BCUT2D eigenvalue weighted by Crippen LogP contribution is -2.28. The molecule has 13 heavy (non-hydrogen) atoms. The van der Waals surface area contributed by atoms with Crippen molar-refractivity contribution in [3.63, 3.8) is 0 Å². The van der Waals surface area contributed by atoms with Crippen molar-refractivity contribution < 1.29 is 9.94 Å². The molecule has 1 aliphatic heterocycles. The summed E-state index contributed by atoms with van der Waals surface area (Å²) in [5.41, 5.74) is 0.179. The zero-order valence-electron chi connectivity index (χ0n) is 7.57. The maximum Gasteiger partial charge on any atom is 0.0958 e. The maximum atomic E-state index is 9.22. The van der Waals surface area contributed by atoms with E-state index in [2.05, 4.69) is 6.07 Å². The van der Waals surface area contributed by atoms with Gasteiger partial charge in [-0.2, -0.15) is 10.3 Å². The van der Waals surface area contributed by atoms with Crippen molar-refractivity contribution in [2.24, 2.45) is 5.41 Å². The van der Waals surface area contributed by atoms with Crippen LogP contribution in [0.2, 0.25) is 0 Å². The number of hydrogen-bond donors (Lipinski definition) is 1. The predicted molar refractivity (Wildman–Crippen MR) is 45.4 cm³/mol. The number of rotatable bonds is 3. The third-order valence-electron chi connectivity index (χ3n) is 2.79. The Bertz CT molecular complexity index is 232. The van der Waals surface area contributed by atoms with Crippen LogP contribution in [0.4, 0.5) is 0 Å². The topological polar surface area (TPSA) is 56.5 Å². The molecule has 0 spiro atoms. The van der Waals surface area contributed by atoms with Crippen molar-refractivity contribution in [2.45, 2.75) is 25.4 Å². The van der Waals surface area contributed by atoms with E-state index in [0.29, 0.717) is 19.6 Å². The minimum Gasteiger partial charge on any atom is -0.389 e. The van der Waals surface area contributed by atoms with Gasteiger partial charge in [-0.3, -0.25) is 4.84 Å². The van der Waals surface area contributed by atoms with E-state index in [0.717, 1.165) is 19.4 Å². The van der Waals surface area contributed by atoms with Crippen LogP contribution in [0.3, 0.4) is 0 Å². The van der Waals surface area contributed by atoms with Gasteiger partial charge in [0.15, 0.2) is 0 Å². The van der Waals surface area contributed by atoms with Gasteiger partial charge in [0.25, 0.3) is 0 Å². The highest BCUT2D eigenvalue weighted by atomic mass is 16.7. The van der Waals surface area contributed by atoms with Crippen LogP contribution in [0.5, 0.6) is 0 Å². The van der Waals surface area contributed by atoms with Gasteiger partial charge in [-0.15, -0.1) is 0 Å². The molecule has 2 fully saturated rings. The van der Waals surface area contributed by atoms with Gasteiger partial charge < -0.3 is 5.11 Å². The number of nitriles is 1. The molecular weight excluding hydrogens is 168 g/mol. The van der Waals surface area contributed by atoms with E-state index < -0.39 is 0 Å². The van der Waals surface area contributed by atoms with Crippen molar-refractivity contribution in [2.75, 3.05) is 19.7 Å². The summed E-state index contributed by atoms with van der Waals surface area (Å²) in [6.45, 7) is 1.80. The Morgan fingerprint density at radius 2 is 2.38 bits per heavy atom. The van der Waals surface area contributed by atoms with Crippen molar-refractivity contribution in [1.29, 1.82) is 5.26 Å². The smallest absolute Gasteiger partial charge is 0.0958 e. The fourth-order valence-electron chi connectivity index (χ4n) is 1.75. The number of aliphatic hydroxyl groups is 1. The molecular formula is C9H14N2O2. The third-order valence-corrected chi connectivity index (χ3v) is 2.79. The lowest BCUT2D eigenvalue weighted by Gasteiger charge is -2.19. The molecule has 72 valence electrons. The molecule has 4 nitrogen and oxygen atoms in total. The minimum absolute atomic E-state index is 0.179. The number of β-amino-alcohol motifs (C(OH)–C–C–N with tert-alkyl or cyclic N) is 1. The second-order valence-corrected chi connectivity index (χ2v) is 4.11. The molecule has 1 heterocycles. The van der Waals surface area contributed by atoms with Gasteiger partial charge in [-0.1, -0.05) is 0 Å². The van der Waals surface area contributed by atoms with Crippen LogP contribution in [-0.4, -0.2) is 36.0 Å². The molecule has 0 bridgehead atoms. The second-order valence-electron chi connectivity index (χ2n) is 4.11. The monoisotopic (exact) mass is 182 g/mol. The summed E-state index contributed by atoms with van der Waals surface area (Å²) in [5.74, 6) is 0. The first-order chi connectivity index (χ1) is 6.24. The fourth-order valence-corrected chi connectivity index (χ4v) is 1.75. The van der Waals surface area contributed by atoms with Gasteiger partial charge in [0.2, 0.25) is 0 Å². The molecule has 1 saturated heterocycles. The summed E-state index contributed by atoms with van der Waals surface area (Å²) in [6.07, 6.45) is 2.51. The van der Waals surface area contributed by atoms with Crippen molar-refractivity contribution in [3.05, 3.63) is 0 Å². The number of hydrogen-bond acceptors (Lipinski definition) is 4. The van der Waals surface area contributed by atoms with Crippen LogP contribution in [0.25, 0.3) is 0 Å². The Morgan fingerprint density at radius 1 is 1.62 bits per heavy atom. The predicted octanol–water partition coefficient (Wildman–Crippen LogP) is 0.288. The maximum absolute atomic E-state index is 9.22. The van der Waals surface area contributed by atoms with Gasteiger partial charge in [-0.25, -0.2) is 0 Å². The van der Waals surface area contributed by atoms with E-state index in [1.54, 1.807) is 5.06 Å². The Morgan fingerprint density at radius 3 is 2.85 bits per heavy atom. The number of aliphatic hydroxyl groups excluding tert-OH is 1. The SMILES string of the molecule is N#CCC1(CN2C[C@H](O)CO2)CC1. The van der Waals surface area contributed by atoms with Crippen molar-refractivity contribution >= 4 is 0 Å². The van der Waals surface area contributed by atoms with Gasteiger partial charge in [0, 0.05) is 13.0 Å². The fraction of sp³-hybridized carbons (Fsp3) is 0.889. The molecule has 1 N–H and O–H groups in total. The highest BCUT2D eigenvalue weighted by molar-refractivity contribution is 5.00. The molecule has 2 aliphatic rings. The molecule has 1 saturated carbocycles. The second kappa shape index (κ2) is 3.26. The van der Waals surface area contributed by atoms with Crippen molar-refractivity contribution in [1.82, 2.24) is 5.06 Å². The van der Waals surface area contributed by atoms with Gasteiger partial charge in [-0.05, 0) is 18.3 Å². The molecule has 0 aromatic rings. The first kappa shape index (κ1) is 8.95. The number of hydroxylamine groups is 2. The lowest BCUT2D eigenvalue weighted by molar-refractivity contribution is -0.121. The molecule has 0 unspecified atom stereocenters. The average molecular weight is 182 g/mol. The van der Waals surface area contributed by atoms with E-state index in [1.165, 1.54) is 0 Å². The average Bonchev–Trinajstić information content (AvgIpc) is 2.70. The largest absolute Gasteiger partial charge is 0.389 e. The Kier molecular flexibility index (Phi) is 2.24. The van der Waals surface area contributed by atoms with Crippen LogP contribution in [0.15, 0.2) is 0 Å². The summed E-state index contributed by atoms with van der Waals surface area (Å²) < 4.78 is 0. The minimum atomic E-state index is -0.349. The normalized spacial score (nSPS) is 31.5. The summed E-state index contributed by atoms with van der Waals surface area (Å²) in [5, 5.41) is 19.6. The lowest BCUT2D eigenvalue weighted by atomic mass is 10.0.